The number of hydrogen-bond donors (Lipinski definition) is 0. The molecule has 0 saturated carbocycles. The molecular formula is C14H21N3O3. The summed E-state index contributed by atoms with van der Waals surface area (Å²) < 4.78 is 4.71. The van der Waals surface area contributed by atoms with Gasteiger partial charge in [-0.3, -0.25) is 19.5 Å². The van der Waals surface area contributed by atoms with E-state index in [1.165, 1.54) is 7.11 Å². The van der Waals surface area contributed by atoms with Crippen molar-refractivity contribution in [2.45, 2.75) is 26.8 Å². The van der Waals surface area contributed by atoms with Gasteiger partial charge in [-0.25, -0.2) is 0 Å². The summed E-state index contributed by atoms with van der Waals surface area (Å²) in [6, 6.07) is -0.376. The van der Waals surface area contributed by atoms with E-state index in [2.05, 4.69) is 9.89 Å². The van der Waals surface area contributed by atoms with Gasteiger partial charge < -0.3 is 9.64 Å². The summed E-state index contributed by atoms with van der Waals surface area (Å²) in [6.45, 7) is 7.94. The van der Waals surface area contributed by atoms with Gasteiger partial charge >= 0.3 is 5.97 Å². The Morgan fingerprint density at radius 3 is 2.65 bits per heavy atom. The third kappa shape index (κ3) is 2.75. The SMILES string of the molecule is COC(=O)CN1CCN2C(C)=N[C@@H](C(C)=O)C(C)=C2C1. The minimum absolute atomic E-state index is 0.0547. The zero-order valence-electron chi connectivity index (χ0n) is 12.5. The predicted octanol–water partition coefficient (Wildman–Crippen LogP) is 0.441. The van der Waals surface area contributed by atoms with Gasteiger partial charge in [-0.1, -0.05) is 0 Å². The summed E-state index contributed by atoms with van der Waals surface area (Å²) in [6.07, 6.45) is 0. The second-order valence-electron chi connectivity index (χ2n) is 5.26. The average molecular weight is 279 g/mol. The van der Waals surface area contributed by atoms with E-state index in [-0.39, 0.29) is 24.3 Å². The van der Waals surface area contributed by atoms with Gasteiger partial charge in [-0.05, 0) is 26.3 Å². The van der Waals surface area contributed by atoms with Crippen LogP contribution >= 0.6 is 0 Å². The summed E-state index contributed by atoms with van der Waals surface area (Å²) >= 11 is 0. The highest BCUT2D eigenvalue weighted by atomic mass is 16.5. The lowest BCUT2D eigenvalue weighted by Crippen LogP contribution is -2.51. The van der Waals surface area contributed by atoms with Gasteiger partial charge in [0.25, 0.3) is 0 Å². The smallest absolute Gasteiger partial charge is 0.319 e. The number of carbonyl (C=O) groups excluding carboxylic acids is 2. The van der Waals surface area contributed by atoms with Crippen LogP contribution in [-0.4, -0.2) is 66.7 Å². The Labute approximate surface area is 119 Å². The highest BCUT2D eigenvalue weighted by Gasteiger charge is 2.32. The standard InChI is InChI=1S/C14H21N3O3/c1-9-12-7-16(8-13(19)20-4)5-6-17(12)11(3)15-14(9)10(2)18/h14H,5-8H2,1-4H3/t14-/m1/s1. The van der Waals surface area contributed by atoms with E-state index in [1.807, 2.05) is 18.7 Å². The number of carbonyl (C=O) groups is 2. The highest BCUT2D eigenvalue weighted by Crippen LogP contribution is 2.26. The molecule has 1 atom stereocenters. The number of Topliss-reactive ketones (excluding diaryl/α,β-unsaturated/α-hetero) is 1. The molecule has 2 heterocycles. The van der Waals surface area contributed by atoms with Crippen LogP contribution in [0.1, 0.15) is 20.8 Å². The van der Waals surface area contributed by atoms with Crippen LogP contribution in [0, 0.1) is 0 Å². The molecule has 0 aromatic rings. The molecule has 1 fully saturated rings. The molecule has 0 aliphatic carbocycles. The first kappa shape index (κ1) is 14.7. The van der Waals surface area contributed by atoms with Crippen LogP contribution in [0.25, 0.3) is 0 Å². The highest BCUT2D eigenvalue weighted by molar-refractivity contribution is 5.92. The van der Waals surface area contributed by atoms with E-state index >= 15 is 0 Å². The van der Waals surface area contributed by atoms with Gasteiger partial charge in [0.05, 0.1) is 13.7 Å². The number of piperazine rings is 1. The Bertz CT molecular complexity index is 496. The van der Waals surface area contributed by atoms with Crippen LogP contribution in [0.4, 0.5) is 0 Å². The first-order valence-corrected chi connectivity index (χ1v) is 6.75. The second-order valence-corrected chi connectivity index (χ2v) is 5.26. The van der Waals surface area contributed by atoms with Crippen molar-refractivity contribution in [3.05, 3.63) is 11.3 Å². The first-order valence-electron chi connectivity index (χ1n) is 6.75. The Hall–Kier alpha value is -1.69. The Morgan fingerprint density at radius 2 is 2.05 bits per heavy atom. The second kappa shape index (κ2) is 5.75. The molecule has 0 N–H and O–H groups in total. The zero-order valence-corrected chi connectivity index (χ0v) is 12.5. The molecule has 6 nitrogen and oxygen atoms in total. The monoisotopic (exact) mass is 279 g/mol. The van der Waals surface area contributed by atoms with Gasteiger partial charge in [0.1, 0.15) is 11.9 Å². The number of esters is 1. The van der Waals surface area contributed by atoms with Crippen LogP contribution in [0.2, 0.25) is 0 Å². The number of methoxy groups -OCH3 is 1. The number of nitrogens with zero attached hydrogens (tertiary/aromatic N) is 3. The van der Waals surface area contributed by atoms with Crippen molar-refractivity contribution in [2.75, 3.05) is 33.3 Å². The molecule has 20 heavy (non-hydrogen) atoms. The molecule has 6 heteroatoms. The molecule has 0 unspecified atom stereocenters. The first-order chi connectivity index (χ1) is 9.43. The fraction of sp³-hybridized carbons (Fsp3) is 0.643. The molecule has 110 valence electrons. The number of amidine groups is 1. The van der Waals surface area contributed by atoms with Crippen molar-refractivity contribution < 1.29 is 14.3 Å². The Kier molecular flexibility index (Phi) is 4.23. The van der Waals surface area contributed by atoms with Crippen molar-refractivity contribution in [1.29, 1.82) is 0 Å². The number of ether oxygens (including phenoxy) is 1. The van der Waals surface area contributed by atoms with Crippen molar-refractivity contribution >= 4 is 17.6 Å². The van der Waals surface area contributed by atoms with Crippen LogP contribution in [0.3, 0.4) is 0 Å². The van der Waals surface area contributed by atoms with Crippen molar-refractivity contribution in [2.24, 2.45) is 4.99 Å². The molecule has 0 aromatic carbocycles. The topological polar surface area (TPSA) is 62.2 Å². The van der Waals surface area contributed by atoms with Crippen molar-refractivity contribution in [1.82, 2.24) is 9.80 Å². The zero-order chi connectivity index (χ0) is 14.9. The number of rotatable bonds is 3. The van der Waals surface area contributed by atoms with E-state index in [1.54, 1.807) is 6.92 Å². The van der Waals surface area contributed by atoms with Gasteiger partial charge in [-0.2, -0.15) is 0 Å². The molecule has 0 spiro atoms. The molecule has 2 rings (SSSR count). The van der Waals surface area contributed by atoms with E-state index in [0.717, 1.165) is 30.2 Å². The van der Waals surface area contributed by atoms with E-state index in [4.69, 9.17) is 4.74 Å². The van der Waals surface area contributed by atoms with Gasteiger partial charge in [-0.15, -0.1) is 0 Å². The Morgan fingerprint density at radius 1 is 1.35 bits per heavy atom. The van der Waals surface area contributed by atoms with Gasteiger partial charge in [0.2, 0.25) is 0 Å². The number of hydrogen-bond acceptors (Lipinski definition) is 6. The molecule has 2 aliphatic heterocycles. The van der Waals surface area contributed by atoms with E-state index in [9.17, 15) is 9.59 Å². The molecule has 0 radical (unpaired) electrons. The third-order valence-corrected chi connectivity index (χ3v) is 3.88. The molecule has 2 aliphatic rings. The molecule has 0 amide bonds. The third-order valence-electron chi connectivity index (χ3n) is 3.88. The maximum atomic E-state index is 11.7. The summed E-state index contributed by atoms with van der Waals surface area (Å²) in [4.78, 5) is 31.7. The minimum atomic E-state index is -0.376. The van der Waals surface area contributed by atoms with Crippen LogP contribution in [0.5, 0.6) is 0 Å². The summed E-state index contributed by atoms with van der Waals surface area (Å²) in [5.74, 6) is 0.698. The van der Waals surface area contributed by atoms with Crippen LogP contribution in [-0.2, 0) is 14.3 Å². The number of ketones is 1. The van der Waals surface area contributed by atoms with Crippen molar-refractivity contribution in [3.8, 4) is 0 Å². The molecule has 0 aromatic heterocycles. The summed E-state index contributed by atoms with van der Waals surface area (Å²) in [5, 5.41) is 0. The average Bonchev–Trinajstić information content (AvgIpc) is 2.42. The normalized spacial score (nSPS) is 23.3. The largest absolute Gasteiger partial charge is 0.468 e. The fourth-order valence-electron chi connectivity index (χ4n) is 2.74. The van der Waals surface area contributed by atoms with Gasteiger partial charge in [0.15, 0.2) is 5.78 Å². The molecule has 1 saturated heterocycles. The fourth-order valence-corrected chi connectivity index (χ4v) is 2.74. The summed E-state index contributed by atoms with van der Waals surface area (Å²) in [7, 11) is 1.40. The maximum absolute atomic E-state index is 11.7. The van der Waals surface area contributed by atoms with Crippen molar-refractivity contribution in [3.63, 3.8) is 0 Å². The van der Waals surface area contributed by atoms with E-state index < -0.39 is 0 Å². The van der Waals surface area contributed by atoms with Gasteiger partial charge in [0, 0.05) is 25.3 Å². The lowest BCUT2D eigenvalue weighted by molar-refractivity contribution is -0.142. The predicted molar refractivity (Wildman–Crippen MR) is 75.4 cm³/mol. The molecule has 0 bridgehead atoms. The molecular weight excluding hydrogens is 258 g/mol. The Balaban J connectivity index is 2.20. The number of fused-ring (bicyclic) bond motifs is 1. The van der Waals surface area contributed by atoms with E-state index in [0.29, 0.717) is 6.54 Å². The van der Waals surface area contributed by atoms with Crippen LogP contribution in [0.15, 0.2) is 16.3 Å². The lowest BCUT2D eigenvalue weighted by Gasteiger charge is -2.41. The summed E-state index contributed by atoms with van der Waals surface area (Å²) in [5.41, 5.74) is 2.07. The quantitative estimate of drug-likeness (QED) is 0.702. The number of aliphatic imine (C=N–C) groups is 1. The maximum Gasteiger partial charge on any atom is 0.319 e. The van der Waals surface area contributed by atoms with Crippen LogP contribution < -0.4 is 0 Å². The lowest BCUT2D eigenvalue weighted by atomic mass is 9.99. The minimum Gasteiger partial charge on any atom is -0.468 e.